The molecule has 1 N–H and O–H groups in total. The normalized spacial score (nSPS) is 27.8. The molecule has 1 aliphatic heterocycles. The third-order valence-corrected chi connectivity index (χ3v) is 2.72. The molecule has 3 atom stereocenters. The number of halogens is 3. The Bertz CT molecular complexity index is 418. The van der Waals surface area contributed by atoms with E-state index < -0.39 is 24.2 Å². The van der Waals surface area contributed by atoms with Crippen molar-refractivity contribution < 1.29 is 23.1 Å². The SMILES string of the molecule is O=C(O)C1C(C(F)(F)F)N1Cc1ccccc1. The smallest absolute Gasteiger partial charge is 0.406 e. The Hall–Kier alpha value is -1.56. The predicted molar refractivity (Wildman–Crippen MR) is 53.3 cm³/mol. The van der Waals surface area contributed by atoms with Crippen LogP contribution in [0.3, 0.4) is 0 Å². The molecule has 1 heterocycles. The fraction of sp³-hybridized carbons (Fsp3) is 0.364. The molecule has 0 amide bonds. The van der Waals surface area contributed by atoms with Crippen molar-refractivity contribution in [2.75, 3.05) is 0 Å². The van der Waals surface area contributed by atoms with Crippen LogP contribution in [0.25, 0.3) is 0 Å². The topological polar surface area (TPSA) is 40.3 Å². The number of rotatable bonds is 3. The van der Waals surface area contributed by atoms with Gasteiger partial charge in [-0.05, 0) is 5.56 Å². The lowest BCUT2D eigenvalue weighted by atomic mass is 10.2. The summed E-state index contributed by atoms with van der Waals surface area (Å²) < 4.78 is 37.5. The van der Waals surface area contributed by atoms with Gasteiger partial charge in [0.25, 0.3) is 0 Å². The first-order valence-electron chi connectivity index (χ1n) is 5.00. The van der Waals surface area contributed by atoms with Crippen LogP contribution in [-0.2, 0) is 11.3 Å². The highest BCUT2D eigenvalue weighted by Gasteiger charge is 2.66. The van der Waals surface area contributed by atoms with E-state index in [1.807, 2.05) is 0 Å². The Labute approximate surface area is 95.5 Å². The fourth-order valence-electron chi connectivity index (χ4n) is 1.91. The molecule has 3 unspecified atom stereocenters. The molecule has 2 rings (SSSR count). The summed E-state index contributed by atoms with van der Waals surface area (Å²) >= 11 is 0. The maximum atomic E-state index is 12.5. The number of hydrogen-bond donors (Lipinski definition) is 1. The van der Waals surface area contributed by atoms with E-state index in [9.17, 15) is 18.0 Å². The molecule has 0 radical (unpaired) electrons. The van der Waals surface area contributed by atoms with Crippen molar-refractivity contribution in [2.24, 2.45) is 0 Å². The van der Waals surface area contributed by atoms with Crippen molar-refractivity contribution in [2.45, 2.75) is 24.8 Å². The Morgan fingerprint density at radius 3 is 2.29 bits per heavy atom. The molecule has 6 heteroatoms. The minimum absolute atomic E-state index is 0.00197. The summed E-state index contributed by atoms with van der Waals surface area (Å²) in [5.74, 6) is -1.43. The van der Waals surface area contributed by atoms with Crippen LogP contribution in [0.2, 0.25) is 0 Å². The molecule has 1 fully saturated rings. The van der Waals surface area contributed by atoms with Gasteiger partial charge in [0.1, 0.15) is 12.1 Å². The highest BCUT2D eigenvalue weighted by Crippen LogP contribution is 2.42. The molecular formula is C11H10F3NO2. The van der Waals surface area contributed by atoms with Crippen LogP contribution >= 0.6 is 0 Å². The average molecular weight is 245 g/mol. The number of carboxylic acids is 1. The number of aliphatic carboxylic acids is 1. The zero-order chi connectivity index (χ0) is 12.6. The third kappa shape index (κ3) is 2.41. The molecule has 1 aromatic rings. The van der Waals surface area contributed by atoms with Gasteiger partial charge >= 0.3 is 12.1 Å². The van der Waals surface area contributed by atoms with Crippen molar-refractivity contribution in [1.29, 1.82) is 0 Å². The van der Waals surface area contributed by atoms with Crippen LogP contribution in [0.15, 0.2) is 30.3 Å². The minimum atomic E-state index is -4.49. The van der Waals surface area contributed by atoms with Crippen LogP contribution in [0.4, 0.5) is 13.2 Å². The van der Waals surface area contributed by atoms with Gasteiger partial charge in [0.05, 0.1) is 0 Å². The number of nitrogens with zero attached hydrogens (tertiary/aromatic N) is 1. The van der Waals surface area contributed by atoms with Crippen LogP contribution in [0, 0.1) is 0 Å². The van der Waals surface area contributed by atoms with Gasteiger partial charge in [0.2, 0.25) is 0 Å². The molecule has 3 nitrogen and oxygen atoms in total. The quantitative estimate of drug-likeness (QED) is 0.826. The van der Waals surface area contributed by atoms with Gasteiger partial charge < -0.3 is 5.11 Å². The van der Waals surface area contributed by atoms with Gasteiger partial charge in [0, 0.05) is 6.54 Å². The molecule has 1 saturated heterocycles. The highest BCUT2D eigenvalue weighted by atomic mass is 19.4. The number of hydrogen-bond acceptors (Lipinski definition) is 2. The van der Waals surface area contributed by atoms with Crippen molar-refractivity contribution in [3.63, 3.8) is 0 Å². The Morgan fingerprint density at radius 2 is 1.88 bits per heavy atom. The maximum Gasteiger partial charge on any atom is 0.406 e. The van der Waals surface area contributed by atoms with Crippen molar-refractivity contribution in [3.8, 4) is 0 Å². The van der Waals surface area contributed by atoms with Crippen molar-refractivity contribution in [3.05, 3.63) is 35.9 Å². The van der Waals surface area contributed by atoms with E-state index in [1.54, 1.807) is 30.3 Å². The molecule has 0 bridgehead atoms. The lowest BCUT2D eigenvalue weighted by molar-refractivity contribution is -0.145. The molecular weight excluding hydrogens is 235 g/mol. The summed E-state index contributed by atoms with van der Waals surface area (Å²) in [6.45, 7) is 0.00197. The summed E-state index contributed by atoms with van der Waals surface area (Å²) in [4.78, 5) is 11.6. The van der Waals surface area contributed by atoms with Crippen molar-refractivity contribution >= 4 is 5.97 Å². The first kappa shape index (κ1) is 11.9. The summed E-state index contributed by atoms with van der Waals surface area (Å²) in [6.07, 6.45) is -4.49. The molecule has 0 saturated carbocycles. The van der Waals surface area contributed by atoms with E-state index in [4.69, 9.17) is 5.11 Å². The average Bonchev–Trinajstić information content (AvgIpc) is 2.93. The summed E-state index contributed by atoms with van der Waals surface area (Å²) in [5.41, 5.74) is 0.672. The first-order valence-corrected chi connectivity index (χ1v) is 5.00. The van der Waals surface area contributed by atoms with Gasteiger partial charge in [-0.3, -0.25) is 9.69 Å². The zero-order valence-corrected chi connectivity index (χ0v) is 8.69. The predicted octanol–water partition coefficient (Wildman–Crippen LogP) is 1.89. The molecule has 0 spiro atoms. The second kappa shape index (κ2) is 4.03. The second-order valence-electron chi connectivity index (χ2n) is 3.93. The van der Waals surface area contributed by atoms with Crippen LogP contribution < -0.4 is 0 Å². The maximum absolute atomic E-state index is 12.5. The summed E-state index contributed by atoms with van der Waals surface area (Å²) in [7, 11) is 0. The summed E-state index contributed by atoms with van der Waals surface area (Å²) in [6, 6.07) is 5.20. The van der Waals surface area contributed by atoms with Crippen LogP contribution in [0.5, 0.6) is 0 Å². The van der Waals surface area contributed by atoms with Gasteiger partial charge in [-0.25, -0.2) is 0 Å². The standard InChI is InChI=1S/C11H10F3NO2/c12-11(13,14)9-8(10(16)17)15(9)6-7-4-2-1-3-5-7/h1-5,8-9H,6H2,(H,16,17). The molecule has 0 aromatic heterocycles. The van der Waals surface area contributed by atoms with Gasteiger partial charge in [-0.15, -0.1) is 0 Å². The monoisotopic (exact) mass is 245 g/mol. The van der Waals surface area contributed by atoms with Gasteiger partial charge in [-0.2, -0.15) is 13.2 Å². The Balaban J connectivity index is 2.09. The van der Waals surface area contributed by atoms with E-state index in [0.29, 0.717) is 5.56 Å². The first-order chi connectivity index (χ1) is 7.91. The summed E-state index contributed by atoms with van der Waals surface area (Å²) in [5, 5.41) is 8.69. The Morgan fingerprint density at radius 1 is 1.29 bits per heavy atom. The number of carboxylic acid groups (broad SMARTS) is 1. The molecule has 1 aromatic carbocycles. The van der Waals surface area contributed by atoms with E-state index in [2.05, 4.69) is 0 Å². The minimum Gasteiger partial charge on any atom is -0.480 e. The highest BCUT2D eigenvalue weighted by molar-refractivity contribution is 5.78. The lowest BCUT2D eigenvalue weighted by Gasteiger charge is -2.06. The Kier molecular flexibility index (Phi) is 2.82. The molecule has 0 aliphatic carbocycles. The van der Waals surface area contributed by atoms with E-state index >= 15 is 0 Å². The zero-order valence-electron chi connectivity index (χ0n) is 8.69. The van der Waals surface area contributed by atoms with E-state index in [0.717, 1.165) is 4.90 Å². The molecule has 1 aliphatic rings. The number of carbonyl (C=O) groups is 1. The van der Waals surface area contributed by atoms with Gasteiger partial charge in [-0.1, -0.05) is 30.3 Å². The van der Waals surface area contributed by atoms with Crippen molar-refractivity contribution in [1.82, 2.24) is 4.90 Å². The second-order valence-corrected chi connectivity index (χ2v) is 3.93. The largest absolute Gasteiger partial charge is 0.480 e. The van der Waals surface area contributed by atoms with E-state index in [1.165, 1.54) is 0 Å². The number of benzene rings is 1. The number of alkyl halides is 3. The van der Waals surface area contributed by atoms with Gasteiger partial charge in [0.15, 0.2) is 0 Å². The molecule has 92 valence electrons. The molecule has 17 heavy (non-hydrogen) atoms. The van der Waals surface area contributed by atoms with Crippen LogP contribution in [-0.4, -0.2) is 34.2 Å². The lowest BCUT2D eigenvalue weighted by Crippen LogP contribution is -2.23. The van der Waals surface area contributed by atoms with E-state index in [-0.39, 0.29) is 6.54 Å². The van der Waals surface area contributed by atoms with Crippen LogP contribution in [0.1, 0.15) is 5.56 Å². The fourth-order valence-corrected chi connectivity index (χ4v) is 1.91. The third-order valence-electron chi connectivity index (χ3n) is 2.72.